The van der Waals surface area contributed by atoms with Gasteiger partial charge in [0.05, 0.1) is 6.42 Å². The smallest absolute Gasteiger partial charge is 0.304 e. The van der Waals surface area contributed by atoms with Crippen molar-refractivity contribution in [1.82, 2.24) is 9.47 Å². The van der Waals surface area contributed by atoms with Crippen molar-refractivity contribution in [3.63, 3.8) is 0 Å². The van der Waals surface area contributed by atoms with E-state index >= 15 is 0 Å². The van der Waals surface area contributed by atoms with Crippen LogP contribution in [0.5, 0.6) is 0 Å². The molecule has 1 aromatic heterocycles. The Balaban J connectivity index is 1.95. The number of hydrogen-bond donors (Lipinski definition) is 1. The molecule has 3 aromatic rings. The van der Waals surface area contributed by atoms with Crippen molar-refractivity contribution >= 4 is 27.8 Å². The fraction of sp³-hybridized carbons (Fsp3) is 0.316. The number of para-hydroxylation sites is 1. The maximum Gasteiger partial charge on any atom is 0.304 e. The van der Waals surface area contributed by atoms with Crippen molar-refractivity contribution in [3.05, 3.63) is 48.0 Å². The Morgan fingerprint density at radius 3 is 2.61 bits per heavy atom. The molecule has 1 heterocycles. The van der Waals surface area contributed by atoms with Crippen LogP contribution in [0.3, 0.4) is 0 Å². The van der Waals surface area contributed by atoms with Gasteiger partial charge in [0.2, 0.25) is 0 Å². The van der Waals surface area contributed by atoms with Gasteiger partial charge in [0, 0.05) is 41.4 Å². The van der Waals surface area contributed by atoms with Gasteiger partial charge < -0.3 is 14.6 Å². The van der Waals surface area contributed by atoms with Gasteiger partial charge in [0.25, 0.3) is 0 Å². The lowest BCUT2D eigenvalue weighted by Gasteiger charge is -2.15. The summed E-state index contributed by atoms with van der Waals surface area (Å²) < 4.78 is 2.34. The highest BCUT2D eigenvalue weighted by Gasteiger charge is 2.10. The molecule has 0 fully saturated rings. The molecule has 0 amide bonds. The molecule has 0 spiro atoms. The third-order valence-corrected chi connectivity index (χ3v) is 4.31. The highest BCUT2D eigenvalue weighted by atomic mass is 16.4. The SMILES string of the molecule is CCn1c2ccccc2c2cc(CN(C)CCC(=O)O)ccc21. The van der Waals surface area contributed by atoms with Crippen LogP contribution in [-0.2, 0) is 17.9 Å². The van der Waals surface area contributed by atoms with Crippen molar-refractivity contribution < 1.29 is 9.90 Å². The summed E-state index contributed by atoms with van der Waals surface area (Å²) in [7, 11) is 1.96. The number of aryl methyl sites for hydroxylation is 1. The molecule has 0 aliphatic heterocycles. The van der Waals surface area contributed by atoms with Gasteiger partial charge in [0.15, 0.2) is 0 Å². The Hall–Kier alpha value is -2.33. The minimum absolute atomic E-state index is 0.174. The van der Waals surface area contributed by atoms with E-state index < -0.39 is 5.97 Å². The summed E-state index contributed by atoms with van der Waals surface area (Å²) in [6.07, 6.45) is 0.174. The summed E-state index contributed by atoms with van der Waals surface area (Å²) >= 11 is 0. The van der Waals surface area contributed by atoms with Crippen molar-refractivity contribution in [2.75, 3.05) is 13.6 Å². The van der Waals surface area contributed by atoms with Gasteiger partial charge in [-0.3, -0.25) is 4.79 Å². The lowest BCUT2D eigenvalue weighted by Crippen LogP contribution is -2.21. The molecule has 0 aliphatic rings. The Kier molecular flexibility index (Phi) is 4.35. The van der Waals surface area contributed by atoms with Crippen LogP contribution in [0.15, 0.2) is 42.5 Å². The number of fused-ring (bicyclic) bond motifs is 3. The minimum atomic E-state index is -0.752. The van der Waals surface area contributed by atoms with Crippen LogP contribution in [0.2, 0.25) is 0 Å². The molecule has 0 saturated heterocycles. The zero-order valence-corrected chi connectivity index (χ0v) is 13.6. The quantitative estimate of drug-likeness (QED) is 0.754. The molecule has 0 aliphatic carbocycles. The van der Waals surface area contributed by atoms with Crippen LogP contribution in [0.1, 0.15) is 18.9 Å². The fourth-order valence-electron chi connectivity index (χ4n) is 3.22. The van der Waals surface area contributed by atoms with Gasteiger partial charge in [-0.15, -0.1) is 0 Å². The lowest BCUT2D eigenvalue weighted by atomic mass is 10.1. The molecule has 23 heavy (non-hydrogen) atoms. The van der Waals surface area contributed by atoms with E-state index in [2.05, 4.69) is 54.0 Å². The predicted octanol–water partition coefficient (Wildman–Crippen LogP) is 3.72. The molecule has 0 saturated carbocycles. The first-order chi connectivity index (χ1) is 11.1. The summed E-state index contributed by atoms with van der Waals surface area (Å²) in [4.78, 5) is 12.7. The molecule has 2 aromatic carbocycles. The van der Waals surface area contributed by atoms with E-state index in [4.69, 9.17) is 5.11 Å². The summed E-state index contributed by atoms with van der Waals surface area (Å²) in [5, 5.41) is 11.3. The van der Waals surface area contributed by atoms with Gasteiger partial charge in [0.1, 0.15) is 0 Å². The van der Waals surface area contributed by atoms with E-state index in [0.717, 1.165) is 13.1 Å². The molecule has 0 radical (unpaired) electrons. The minimum Gasteiger partial charge on any atom is -0.481 e. The van der Waals surface area contributed by atoms with Gasteiger partial charge in [-0.2, -0.15) is 0 Å². The number of benzene rings is 2. The number of rotatable bonds is 6. The second-order valence-corrected chi connectivity index (χ2v) is 5.99. The number of carbonyl (C=O) groups is 1. The number of aromatic nitrogens is 1. The summed E-state index contributed by atoms with van der Waals surface area (Å²) in [6.45, 7) is 4.43. The molecule has 1 N–H and O–H groups in total. The van der Waals surface area contributed by atoms with Crippen molar-refractivity contribution in [2.24, 2.45) is 0 Å². The van der Waals surface area contributed by atoms with Gasteiger partial charge in [-0.25, -0.2) is 0 Å². The van der Waals surface area contributed by atoms with Crippen LogP contribution < -0.4 is 0 Å². The average Bonchev–Trinajstić information content (AvgIpc) is 2.86. The second kappa shape index (κ2) is 6.42. The first kappa shape index (κ1) is 15.6. The van der Waals surface area contributed by atoms with Crippen LogP contribution in [0.25, 0.3) is 21.8 Å². The zero-order chi connectivity index (χ0) is 16.4. The second-order valence-electron chi connectivity index (χ2n) is 5.99. The third kappa shape index (κ3) is 3.08. The van der Waals surface area contributed by atoms with E-state index in [1.54, 1.807) is 0 Å². The monoisotopic (exact) mass is 310 g/mol. The molecule has 0 unspecified atom stereocenters. The Labute approximate surface area is 135 Å². The Morgan fingerprint density at radius 1 is 1.13 bits per heavy atom. The summed E-state index contributed by atoms with van der Waals surface area (Å²) in [5.74, 6) is -0.752. The normalized spacial score (nSPS) is 11.6. The van der Waals surface area contributed by atoms with E-state index in [0.29, 0.717) is 6.54 Å². The van der Waals surface area contributed by atoms with E-state index in [1.807, 2.05) is 11.9 Å². The highest BCUT2D eigenvalue weighted by Crippen LogP contribution is 2.29. The number of nitrogens with zero attached hydrogens (tertiary/aromatic N) is 2. The molecular weight excluding hydrogens is 288 g/mol. The topological polar surface area (TPSA) is 45.5 Å². The van der Waals surface area contributed by atoms with Crippen molar-refractivity contribution in [1.29, 1.82) is 0 Å². The van der Waals surface area contributed by atoms with Gasteiger partial charge in [-0.05, 0) is 37.7 Å². The first-order valence-corrected chi connectivity index (χ1v) is 8.00. The van der Waals surface area contributed by atoms with Crippen molar-refractivity contribution in [2.45, 2.75) is 26.4 Å². The predicted molar refractivity (Wildman–Crippen MR) is 93.7 cm³/mol. The van der Waals surface area contributed by atoms with Gasteiger partial charge in [-0.1, -0.05) is 24.3 Å². The third-order valence-electron chi connectivity index (χ3n) is 4.31. The van der Waals surface area contributed by atoms with E-state index in [9.17, 15) is 4.79 Å². The summed E-state index contributed by atoms with van der Waals surface area (Å²) in [6, 6.07) is 15.0. The number of aliphatic carboxylic acids is 1. The van der Waals surface area contributed by atoms with Crippen LogP contribution in [0, 0.1) is 0 Å². The molecule has 120 valence electrons. The largest absolute Gasteiger partial charge is 0.481 e. The number of carboxylic acid groups (broad SMARTS) is 1. The molecule has 4 heteroatoms. The average molecular weight is 310 g/mol. The molecule has 0 bridgehead atoms. The van der Waals surface area contributed by atoms with Crippen LogP contribution in [0.4, 0.5) is 0 Å². The van der Waals surface area contributed by atoms with Crippen LogP contribution >= 0.6 is 0 Å². The lowest BCUT2D eigenvalue weighted by molar-refractivity contribution is -0.137. The highest BCUT2D eigenvalue weighted by molar-refractivity contribution is 6.08. The molecular formula is C19H22N2O2. The zero-order valence-electron chi connectivity index (χ0n) is 13.6. The first-order valence-electron chi connectivity index (χ1n) is 8.00. The van der Waals surface area contributed by atoms with E-state index in [-0.39, 0.29) is 6.42 Å². The number of carboxylic acids is 1. The Bertz CT molecular complexity index is 851. The van der Waals surface area contributed by atoms with Crippen LogP contribution in [-0.4, -0.2) is 34.1 Å². The molecule has 4 nitrogen and oxygen atoms in total. The summed E-state index contributed by atoms with van der Waals surface area (Å²) in [5.41, 5.74) is 3.73. The standard InChI is InChI=1S/C19H22N2O2/c1-3-21-17-7-5-4-6-15(17)16-12-14(8-9-18(16)21)13-20(2)11-10-19(22)23/h4-9,12H,3,10-11,13H2,1-2H3,(H,22,23). The van der Waals surface area contributed by atoms with E-state index in [1.165, 1.54) is 27.4 Å². The molecule has 0 atom stereocenters. The maximum absolute atomic E-state index is 10.7. The maximum atomic E-state index is 10.7. The Morgan fingerprint density at radius 2 is 1.87 bits per heavy atom. The number of hydrogen-bond acceptors (Lipinski definition) is 2. The van der Waals surface area contributed by atoms with Crippen molar-refractivity contribution in [3.8, 4) is 0 Å². The van der Waals surface area contributed by atoms with Gasteiger partial charge >= 0.3 is 5.97 Å². The fourth-order valence-corrected chi connectivity index (χ4v) is 3.22. The molecule has 3 rings (SSSR count).